The molecule has 90 valence electrons. The highest BCUT2D eigenvalue weighted by Gasteiger charge is 2.16. The highest BCUT2D eigenvalue weighted by atomic mass is 15.1. The van der Waals surface area contributed by atoms with E-state index in [4.69, 9.17) is 5.73 Å². The summed E-state index contributed by atoms with van der Waals surface area (Å²) in [6.07, 6.45) is 3.62. The van der Waals surface area contributed by atoms with Crippen LogP contribution in [0.5, 0.6) is 0 Å². The predicted molar refractivity (Wildman–Crippen MR) is 69.0 cm³/mol. The summed E-state index contributed by atoms with van der Waals surface area (Å²) in [7, 11) is 2.16. The van der Waals surface area contributed by atoms with Crippen molar-refractivity contribution < 1.29 is 0 Å². The van der Waals surface area contributed by atoms with E-state index in [0.29, 0.717) is 5.41 Å². The maximum atomic E-state index is 5.59. The lowest BCUT2D eigenvalue weighted by Crippen LogP contribution is -2.24. The molecule has 0 radical (unpaired) electrons. The van der Waals surface area contributed by atoms with E-state index in [1.54, 1.807) is 0 Å². The van der Waals surface area contributed by atoms with Gasteiger partial charge in [0.2, 0.25) is 0 Å². The molecule has 0 aromatic carbocycles. The van der Waals surface area contributed by atoms with Gasteiger partial charge in [0.05, 0.1) is 0 Å². The fraction of sp³-hybridized carbons (Fsp3) is 0.846. The van der Waals surface area contributed by atoms with Gasteiger partial charge in [-0.3, -0.25) is 0 Å². The molecular formula is C13H28N2. The first-order valence-corrected chi connectivity index (χ1v) is 5.90. The van der Waals surface area contributed by atoms with Crippen molar-refractivity contribution in [2.75, 3.05) is 26.7 Å². The monoisotopic (exact) mass is 212 g/mol. The first kappa shape index (κ1) is 14.7. The minimum absolute atomic E-state index is 0.402. The Morgan fingerprint density at radius 2 is 1.93 bits per heavy atom. The minimum atomic E-state index is 0.402. The molecule has 0 unspecified atom stereocenters. The standard InChI is InChI=1S/C13H28N2/c1-12(2)11-15(5)10-6-7-13(3,4)8-9-14/h1,6-11,14H2,2-5H3. The summed E-state index contributed by atoms with van der Waals surface area (Å²) in [5.41, 5.74) is 7.23. The average Bonchev–Trinajstić information content (AvgIpc) is 2.01. The van der Waals surface area contributed by atoms with E-state index in [1.165, 1.54) is 18.4 Å². The zero-order chi connectivity index (χ0) is 11.9. The van der Waals surface area contributed by atoms with Gasteiger partial charge in [0.25, 0.3) is 0 Å². The van der Waals surface area contributed by atoms with Gasteiger partial charge in [0.15, 0.2) is 0 Å². The molecule has 0 amide bonds. The molecule has 2 N–H and O–H groups in total. The van der Waals surface area contributed by atoms with Crippen LogP contribution in [0.1, 0.15) is 40.0 Å². The SMILES string of the molecule is C=C(C)CN(C)CCCC(C)(C)CCN. The number of rotatable bonds is 8. The van der Waals surface area contributed by atoms with Crippen molar-refractivity contribution in [1.29, 1.82) is 0 Å². The van der Waals surface area contributed by atoms with E-state index in [2.05, 4.69) is 39.3 Å². The fourth-order valence-electron chi connectivity index (χ4n) is 1.88. The van der Waals surface area contributed by atoms with Crippen LogP contribution in [-0.4, -0.2) is 31.6 Å². The average molecular weight is 212 g/mol. The second-order valence-corrected chi connectivity index (χ2v) is 5.50. The summed E-state index contributed by atoms with van der Waals surface area (Å²) in [4.78, 5) is 2.33. The Kier molecular flexibility index (Phi) is 6.86. The van der Waals surface area contributed by atoms with E-state index >= 15 is 0 Å². The predicted octanol–water partition coefficient (Wildman–Crippen LogP) is 2.65. The zero-order valence-corrected chi connectivity index (χ0v) is 11.0. The lowest BCUT2D eigenvalue weighted by molar-refractivity contribution is 0.270. The summed E-state index contributed by atoms with van der Waals surface area (Å²) in [6, 6.07) is 0. The third kappa shape index (κ3) is 8.64. The smallest absolute Gasteiger partial charge is 0.0184 e. The van der Waals surface area contributed by atoms with Crippen LogP contribution in [0.3, 0.4) is 0 Å². The molecule has 0 rings (SSSR count). The Morgan fingerprint density at radius 3 is 2.40 bits per heavy atom. The van der Waals surface area contributed by atoms with Gasteiger partial charge in [-0.2, -0.15) is 0 Å². The maximum Gasteiger partial charge on any atom is 0.0184 e. The second-order valence-electron chi connectivity index (χ2n) is 5.50. The van der Waals surface area contributed by atoms with E-state index < -0.39 is 0 Å². The molecule has 0 bridgehead atoms. The van der Waals surface area contributed by atoms with Crippen molar-refractivity contribution in [2.24, 2.45) is 11.1 Å². The molecule has 0 aromatic heterocycles. The van der Waals surface area contributed by atoms with Gasteiger partial charge in [-0.25, -0.2) is 0 Å². The Labute approximate surface area is 95.5 Å². The highest BCUT2D eigenvalue weighted by Crippen LogP contribution is 2.25. The van der Waals surface area contributed by atoms with Gasteiger partial charge in [-0.05, 0) is 51.7 Å². The number of likely N-dealkylation sites (N-methyl/N-ethyl adjacent to an activating group) is 1. The molecule has 2 heteroatoms. The van der Waals surface area contributed by atoms with Crippen LogP contribution in [0, 0.1) is 5.41 Å². The second kappa shape index (κ2) is 7.02. The Balaban J connectivity index is 3.64. The molecule has 0 heterocycles. The summed E-state index contributed by atoms with van der Waals surface area (Å²) >= 11 is 0. The van der Waals surface area contributed by atoms with Gasteiger partial charge in [-0.1, -0.05) is 26.0 Å². The van der Waals surface area contributed by atoms with Crippen molar-refractivity contribution in [3.63, 3.8) is 0 Å². The summed E-state index contributed by atoms with van der Waals surface area (Å²) in [6.45, 7) is 13.6. The molecule has 0 atom stereocenters. The van der Waals surface area contributed by atoms with E-state index in [0.717, 1.165) is 26.1 Å². The van der Waals surface area contributed by atoms with Crippen LogP contribution < -0.4 is 5.73 Å². The molecule has 0 aliphatic carbocycles. The number of nitrogens with two attached hydrogens (primary N) is 1. The van der Waals surface area contributed by atoms with Gasteiger partial charge in [0, 0.05) is 6.54 Å². The number of hydrogen-bond donors (Lipinski definition) is 1. The van der Waals surface area contributed by atoms with Crippen molar-refractivity contribution in [3.05, 3.63) is 12.2 Å². The van der Waals surface area contributed by atoms with Crippen LogP contribution in [0.25, 0.3) is 0 Å². The quantitative estimate of drug-likeness (QED) is 0.627. The van der Waals surface area contributed by atoms with Crippen LogP contribution >= 0.6 is 0 Å². The zero-order valence-electron chi connectivity index (χ0n) is 11.0. The largest absolute Gasteiger partial charge is 0.330 e. The molecule has 0 spiro atoms. The first-order valence-electron chi connectivity index (χ1n) is 5.90. The van der Waals surface area contributed by atoms with Crippen LogP contribution in [0.15, 0.2) is 12.2 Å². The van der Waals surface area contributed by atoms with E-state index in [1.807, 2.05) is 0 Å². The molecule has 2 nitrogen and oxygen atoms in total. The normalized spacial score (nSPS) is 12.1. The van der Waals surface area contributed by atoms with Crippen LogP contribution in [0.4, 0.5) is 0 Å². The Morgan fingerprint density at radius 1 is 1.33 bits per heavy atom. The summed E-state index contributed by atoms with van der Waals surface area (Å²) in [5, 5.41) is 0. The summed E-state index contributed by atoms with van der Waals surface area (Å²) < 4.78 is 0. The molecule has 0 saturated heterocycles. The summed E-state index contributed by atoms with van der Waals surface area (Å²) in [5.74, 6) is 0. The molecule has 0 saturated carbocycles. The maximum absolute atomic E-state index is 5.59. The van der Waals surface area contributed by atoms with Gasteiger partial charge in [-0.15, -0.1) is 0 Å². The van der Waals surface area contributed by atoms with Crippen LogP contribution in [0.2, 0.25) is 0 Å². The van der Waals surface area contributed by atoms with Crippen molar-refractivity contribution in [3.8, 4) is 0 Å². The topological polar surface area (TPSA) is 29.3 Å². The van der Waals surface area contributed by atoms with Crippen molar-refractivity contribution >= 4 is 0 Å². The Bertz CT molecular complexity index is 185. The minimum Gasteiger partial charge on any atom is -0.330 e. The highest BCUT2D eigenvalue weighted by molar-refractivity contribution is 4.90. The third-order valence-corrected chi connectivity index (χ3v) is 2.75. The van der Waals surface area contributed by atoms with E-state index in [-0.39, 0.29) is 0 Å². The molecule has 0 aliphatic rings. The first-order chi connectivity index (χ1) is 6.87. The lowest BCUT2D eigenvalue weighted by atomic mass is 9.84. The molecule has 0 aromatic rings. The molecule has 0 aliphatic heterocycles. The number of nitrogens with zero attached hydrogens (tertiary/aromatic N) is 1. The van der Waals surface area contributed by atoms with Gasteiger partial charge in [0.1, 0.15) is 0 Å². The fourth-order valence-corrected chi connectivity index (χ4v) is 1.88. The van der Waals surface area contributed by atoms with Gasteiger partial charge >= 0.3 is 0 Å². The third-order valence-electron chi connectivity index (χ3n) is 2.75. The lowest BCUT2D eigenvalue weighted by Gasteiger charge is -2.25. The van der Waals surface area contributed by atoms with Crippen LogP contribution in [-0.2, 0) is 0 Å². The number of hydrogen-bond acceptors (Lipinski definition) is 2. The van der Waals surface area contributed by atoms with Crippen molar-refractivity contribution in [1.82, 2.24) is 4.90 Å². The Hall–Kier alpha value is -0.340. The molecule has 15 heavy (non-hydrogen) atoms. The van der Waals surface area contributed by atoms with Crippen molar-refractivity contribution in [2.45, 2.75) is 40.0 Å². The molecular weight excluding hydrogens is 184 g/mol. The molecule has 0 fully saturated rings. The van der Waals surface area contributed by atoms with E-state index in [9.17, 15) is 0 Å². The van der Waals surface area contributed by atoms with Gasteiger partial charge < -0.3 is 10.6 Å².